The van der Waals surface area contributed by atoms with Crippen LogP contribution in [0.2, 0.25) is 0 Å². The molecule has 3 aromatic carbocycles. The molecule has 7 nitrogen and oxygen atoms in total. The maximum atomic E-state index is 12.5. The molecule has 182 valence electrons. The lowest BCUT2D eigenvalue weighted by Gasteiger charge is -2.26. The number of aromatic carboxylic acids is 1. The molecule has 36 heavy (non-hydrogen) atoms. The summed E-state index contributed by atoms with van der Waals surface area (Å²) in [6.07, 6.45) is 3.19. The molecule has 0 bridgehead atoms. The van der Waals surface area contributed by atoms with Crippen LogP contribution < -0.4 is 19.9 Å². The zero-order chi connectivity index (χ0) is 25.1. The maximum absolute atomic E-state index is 12.5. The minimum absolute atomic E-state index is 0.0210. The SMILES string of the molecule is COc1ccc(N(Cc2ccc[nH]c2=O)c2cccc(C(=O)O)c2)cc1OC1Cc2ccccc2C1. The number of hydrogen-bond acceptors (Lipinski definition) is 5. The Morgan fingerprint density at radius 2 is 1.69 bits per heavy atom. The first-order valence-electron chi connectivity index (χ1n) is 11.7. The van der Waals surface area contributed by atoms with Crippen LogP contribution in [0.3, 0.4) is 0 Å². The van der Waals surface area contributed by atoms with E-state index in [9.17, 15) is 14.7 Å². The number of anilines is 2. The number of ether oxygens (including phenoxy) is 2. The van der Waals surface area contributed by atoms with E-state index in [1.807, 2.05) is 41.3 Å². The van der Waals surface area contributed by atoms with Crippen molar-refractivity contribution in [1.29, 1.82) is 0 Å². The Kier molecular flexibility index (Phi) is 6.45. The van der Waals surface area contributed by atoms with Gasteiger partial charge in [0.25, 0.3) is 5.56 Å². The molecule has 1 aliphatic rings. The quantitative estimate of drug-likeness (QED) is 0.369. The van der Waals surface area contributed by atoms with Gasteiger partial charge in [0, 0.05) is 42.0 Å². The first kappa shape index (κ1) is 23.2. The monoisotopic (exact) mass is 482 g/mol. The van der Waals surface area contributed by atoms with Crippen LogP contribution in [0.4, 0.5) is 11.4 Å². The third-order valence-electron chi connectivity index (χ3n) is 6.40. The molecule has 0 saturated carbocycles. The number of aromatic nitrogens is 1. The van der Waals surface area contributed by atoms with Gasteiger partial charge in [-0.3, -0.25) is 4.79 Å². The standard InChI is InChI=1S/C29H26N2O5/c1-35-26-12-11-24(17-27(26)36-25-15-19-6-2-3-7-20(19)16-25)31(18-22-9-5-13-30-28(22)32)23-10-4-8-21(14-23)29(33)34/h2-14,17,25H,15-16,18H2,1H3,(H,30,32)(H,33,34). The van der Waals surface area contributed by atoms with Crippen LogP contribution in [0.1, 0.15) is 27.0 Å². The molecule has 0 saturated heterocycles. The van der Waals surface area contributed by atoms with Crippen LogP contribution >= 0.6 is 0 Å². The fourth-order valence-electron chi connectivity index (χ4n) is 4.60. The molecule has 0 unspecified atom stereocenters. The topological polar surface area (TPSA) is 91.9 Å². The summed E-state index contributed by atoms with van der Waals surface area (Å²) >= 11 is 0. The molecule has 1 heterocycles. The van der Waals surface area contributed by atoms with Crippen molar-refractivity contribution in [2.75, 3.05) is 12.0 Å². The Morgan fingerprint density at radius 3 is 2.39 bits per heavy atom. The maximum Gasteiger partial charge on any atom is 0.335 e. The van der Waals surface area contributed by atoms with Gasteiger partial charge in [-0.1, -0.05) is 36.4 Å². The second kappa shape index (κ2) is 10.00. The van der Waals surface area contributed by atoms with Gasteiger partial charge in [-0.05, 0) is 47.5 Å². The minimum Gasteiger partial charge on any atom is -0.493 e. The average Bonchev–Trinajstić information content (AvgIpc) is 3.30. The van der Waals surface area contributed by atoms with Crippen molar-refractivity contribution in [2.24, 2.45) is 0 Å². The molecular formula is C29H26N2O5. The van der Waals surface area contributed by atoms with Crippen LogP contribution in [0.25, 0.3) is 0 Å². The predicted octanol–water partition coefficient (Wildman–Crippen LogP) is 4.97. The van der Waals surface area contributed by atoms with Crippen LogP contribution in [-0.4, -0.2) is 29.3 Å². The minimum atomic E-state index is -1.02. The number of hydrogen-bond donors (Lipinski definition) is 2. The molecule has 0 fully saturated rings. The normalized spacial score (nSPS) is 12.7. The molecule has 7 heteroatoms. The van der Waals surface area contributed by atoms with Crippen molar-refractivity contribution in [3.05, 3.63) is 118 Å². The summed E-state index contributed by atoms with van der Waals surface area (Å²) in [7, 11) is 1.60. The third-order valence-corrected chi connectivity index (χ3v) is 6.40. The summed E-state index contributed by atoms with van der Waals surface area (Å²) in [5.41, 5.74) is 4.46. The Labute approximate surface area is 208 Å². The number of carboxylic acid groups (broad SMARTS) is 1. The first-order valence-corrected chi connectivity index (χ1v) is 11.7. The van der Waals surface area contributed by atoms with Gasteiger partial charge in [0.1, 0.15) is 6.10 Å². The van der Waals surface area contributed by atoms with Gasteiger partial charge in [-0.25, -0.2) is 4.79 Å². The van der Waals surface area contributed by atoms with Gasteiger partial charge >= 0.3 is 5.97 Å². The predicted molar refractivity (Wildman–Crippen MR) is 138 cm³/mol. The first-order chi connectivity index (χ1) is 17.5. The van der Waals surface area contributed by atoms with Crippen LogP contribution in [0.5, 0.6) is 11.5 Å². The molecule has 1 aliphatic carbocycles. The van der Waals surface area contributed by atoms with Crippen molar-refractivity contribution in [3.8, 4) is 11.5 Å². The van der Waals surface area contributed by atoms with Gasteiger partial charge in [0.05, 0.1) is 19.2 Å². The highest BCUT2D eigenvalue weighted by molar-refractivity contribution is 5.89. The van der Waals surface area contributed by atoms with Crippen molar-refractivity contribution >= 4 is 17.3 Å². The highest BCUT2D eigenvalue weighted by atomic mass is 16.5. The number of rotatable bonds is 8. The number of carbonyl (C=O) groups is 1. The largest absolute Gasteiger partial charge is 0.493 e. The number of aromatic amines is 1. The summed E-state index contributed by atoms with van der Waals surface area (Å²) in [4.78, 5) is 28.7. The molecule has 0 aliphatic heterocycles. The van der Waals surface area contributed by atoms with Crippen LogP contribution in [-0.2, 0) is 19.4 Å². The van der Waals surface area contributed by atoms with E-state index in [4.69, 9.17) is 9.47 Å². The Bertz CT molecular complexity index is 1440. The van der Waals surface area contributed by atoms with E-state index < -0.39 is 5.97 Å². The zero-order valence-corrected chi connectivity index (χ0v) is 19.8. The summed E-state index contributed by atoms with van der Waals surface area (Å²) in [6, 6.07) is 24.1. The Morgan fingerprint density at radius 1 is 0.944 bits per heavy atom. The molecule has 0 amide bonds. The fraction of sp³-hybridized carbons (Fsp3) is 0.172. The lowest BCUT2D eigenvalue weighted by atomic mass is 10.1. The summed E-state index contributed by atoms with van der Waals surface area (Å²) < 4.78 is 12.0. The number of fused-ring (bicyclic) bond motifs is 1. The number of nitrogens with zero attached hydrogens (tertiary/aromatic N) is 1. The average molecular weight is 483 g/mol. The number of benzene rings is 3. The summed E-state index contributed by atoms with van der Waals surface area (Å²) in [6.45, 7) is 0.236. The van der Waals surface area contributed by atoms with E-state index >= 15 is 0 Å². The number of pyridine rings is 1. The van der Waals surface area contributed by atoms with E-state index in [0.29, 0.717) is 22.7 Å². The second-order valence-electron chi connectivity index (χ2n) is 8.72. The van der Waals surface area contributed by atoms with Gasteiger partial charge in [0.2, 0.25) is 0 Å². The molecule has 4 aromatic rings. The summed E-state index contributed by atoms with van der Waals surface area (Å²) in [5.74, 6) is 0.176. The Hall–Kier alpha value is -4.52. The molecule has 0 radical (unpaired) electrons. The molecule has 0 spiro atoms. The van der Waals surface area contributed by atoms with Crippen molar-refractivity contribution in [2.45, 2.75) is 25.5 Å². The van der Waals surface area contributed by atoms with Crippen molar-refractivity contribution < 1.29 is 19.4 Å². The molecule has 0 atom stereocenters. The van der Waals surface area contributed by atoms with Crippen LogP contribution in [0.15, 0.2) is 89.9 Å². The molecular weight excluding hydrogens is 456 g/mol. The number of carboxylic acids is 1. The van der Waals surface area contributed by atoms with E-state index in [0.717, 1.165) is 18.5 Å². The van der Waals surface area contributed by atoms with E-state index in [1.165, 1.54) is 11.1 Å². The number of methoxy groups -OCH3 is 1. The lowest BCUT2D eigenvalue weighted by molar-refractivity contribution is 0.0697. The molecule has 2 N–H and O–H groups in total. The third kappa shape index (κ3) is 4.81. The van der Waals surface area contributed by atoms with Gasteiger partial charge in [-0.15, -0.1) is 0 Å². The second-order valence-corrected chi connectivity index (χ2v) is 8.72. The van der Waals surface area contributed by atoms with Crippen molar-refractivity contribution in [3.63, 3.8) is 0 Å². The smallest absolute Gasteiger partial charge is 0.335 e. The lowest BCUT2D eigenvalue weighted by Crippen LogP contribution is -2.23. The highest BCUT2D eigenvalue weighted by Gasteiger charge is 2.24. The summed E-state index contributed by atoms with van der Waals surface area (Å²) in [5, 5.41) is 9.53. The zero-order valence-electron chi connectivity index (χ0n) is 19.8. The van der Waals surface area contributed by atoms with Crippen molar-refractivity contribution in [1.82, 2.24) is 4.98 Å². The number of nitrogens with one attached hydrogen (secondary N) is 1. The number of H-pyrrole nitrogens is 1. The van der Waals surface area contributed by atoms with Gasteiger partial charge in [0.15, 0.2) is 11.5 Å². The highest BCUT2D eigenvalue weighted by Crippen LogP contribution is 2.37. The molecule has 5 rings (SSSR count). The van der Waals surface area contributed by atoms with E-state index in [-0.39, 0.29) is 23.8 Å². The van der Waals surface area contributed by atoms with E-state index in [1.54, 1.807) is 43.6 Å². The van der Waals surface area contributed by atoms with Gasteiger partial charge < -0.3 is 24.5 Å². The Balaban J connectivity index is 1.52. The fourth-order valence-corrected chi connectivity index (χ4v) is 4.60. The van der Waals surface area contributed by atoms with Gasteiger partial charge in [-0.2, -0.15) is 0 Å². The van der Waals surface area contributed by atoms with Crippen LogP contribution in [0, 0.1) is 0 Å². The van der Waals surface area contributed by atoms with E-state index in [2.05, 4.69) is 17.1 Å². The molecule has 1 aromatic heterocycles.